The molecule has 0 aliphatic carbocycles. The van der Waals surface area contributed by atoms with Crippen LogP contribution >= 0.6 is 11.8 Å². The molecule has 5 heteroatoms. The lowest BCUT2D eigenvalue weighted by atomic mass is 10.2. The lowest BCUT2D eigenvalue weighted by Crippen LogP contribution is -2.37. The van der Waals surface area contributed by atoms with Gasteiger partial charge in [-0.2, -0.15) is 11.8 Å². The highest BCUT2D eigenvalue weighted by atomic mass is 32.2. The van der Waals surface area contributed by atoms with Crippen LogP contribution < -0.4 is 10.1 Å². The van der Waals surface area contributed by atoms with Crippen molar-refractivity contribution in [3.05, 3.63) is 23.8 Å². The number of thioether (sulfide) groups is 1. The zero-order valence-corrected chi connectivity index (χ0v) is 12.9. The number of nitrogens with zero attached hydrogens (tertiary/aromatic N) is 1. The van der Waals surface area contributed by atoms with Crippen LogP contribution in [0.5, 0.6) is 11.5 Å². The first-order valence-corrected chi connectivity index (χ1v) is 8.40. The Labute approximate surface area is 125 Å². The standard InChI is InChI=1S/C15H24N2O2S/c1-2-19-15-11-13(3-4-14(15)18)12-16-5-6-17-7-9-20-10-8-17/h3-4,11,16,18H,2,5-10,12H2,1H3. The summed E-state index contributed by atoms with van der Waals surface area (Å²) in [5.74, 6) is 3.30. The van der Waals surface area contributed by atoms with Crippen molar-refractivity contribution in [2.24, 2.45) is 0 Å². The minimum absolute atomic E-state index is 0.210. The minimum atomic E-state index is 0.210. The summed E-state index contributed by atoms with van der Waals surface area (Å²) in [6.07, 6.45) is 0. The first-order valence-electron chi connectivity index (χ1n) is 7.25. The number of rotatable bonds is 7. The molecule has 112 valence electrons. The average molecular weight is 296 g/mol. The van der Waals surface area contributed by atoms with Crippen molar-refractivity contribution in [2.45, 2.75) is 13.5 Å². The Hall–Kier alpha value is -0.910. The molecule has 0 bridgehead atoms. The molecule has 4 nitrogen and oxygen atoms in total. The Kier molecular flexibility index (Phi) is 6.50. The SMILES string of the molecule is CCOc1cc(CNCCN2CCSCC2)ccc1O. The molecule has 1 aromatic rings. The van der Waals surface area contributed by atoms with Gasteiger partial charge in [0.05, 0.1) is 6.61 Å². The van der Waals surface area contributed by atoms with Crippen LogP contribution in [0.2, 0.25) is 0 Å². The third-order valence-electron chi connectivity index (χ3n) is 3.36. The Morgan fingerprint density at radius 2 is 2.15 bits per heavy atom. The average Bonchev–Trinajstić information content (AvgIpc) is 2.48. The fourth-order valence-corrected chi connectivity index (χ4v) is 3.21. The van der Waals surface area contributed by atoms with Crippen LogP contribution in [0.15, 0.2) is 18.2 Å². The van der Waals surface area contributed by atoms with Gasteiger partial charge in [-0.25, -0.2) is 0 Å². The molecule has 0 radical (unpaired) electrons. The van der Waals surface area contributed by atoms with Gasteiger partial charge in [0.2, 0.25) is 0 Å². The summed E-state index contributed by atoms with van der Waals surface area (Å²) in [6.45, 7) is 7.81. The van der Waals surface area contributed by atoms with Crippen molar-refractivity contribution in [1.82, 2.24) is 10.2 Å². The molecule has 1 aliphatic rings. The summed E-state index contributed by atoms with van der Waals surface area (Å²) in [6, 6.07) is 5.54. The Morgan fingerprint density at radius 1 is 1.35 bits per heavy atom. The summed E-state index contributed by atoms with van der Waals surface area (Å²) in [7, 11) is 0. The first kappa shape index (κ1) is 15.5. The maximum absolute atomic E-state index is 9.65. The highest BCUT2D eigenvalue weighted by Gasteiger charge is 2.09. The molecule has 1 aromatic carbocycles. The van der Waals surface area contributed by atoms with E-state index in [-0.39, 0.29) is 5.75 Å². The molecule has 0 amide bonds. The number of phenols is 1. The summed E-state index contributed by atoms with van der Waals surface area (Å²) >= 11 is 2.04. The van der Waals surface area contributed by atoms with E-state index >= 15 is 0 Å². The van der Waals surface area contributed by atoms with Gasteiger partial charge in [0.15, 0.2) is 11.5 Å². The maximum Gasteiger partial charge on any atom is 0.161 e. The Morgan fingerprint density at radius 3 is 2.90 bits per heavy atom. The number of ether oxygens (including phenoxy) is 1. The molecule has 1 fully saturated rings. The van der Waals surface area contributed by atoms with Crippen molar-refractivity contribution in [1.29, 1.82) is 0 Å². The molecule has 2 rings (SSSR count). The third-order valence-corrected chi connectivity index (χ3v) is 4.30. The molecular weight excluding hydrogens is 272 g/mol. The summed E-state index contributed by atoms with van der Waals surface area (Å²) in [5.41, 5.74) is 1.14. The van der Waals surface area contributed by atoms with E-state index in [1.165, 1.54) is 24.6 Å². The predicted octanol–water partition coefficient (Wildman–Crippen LogP) is 1.93. The van der Waals surface area contributed by atoms with Crippen LogP contribution in [0.1, 0.15) is 12.5 Å². The molecule has 1 aliphatic heterocycles. The smallest absolute Gasteiger partial charge is 0.161 e. The zero-order valence-electron chi connectivity index (χ0n) is 12.1. The second-order valence-electron chi connectivity index (χ2n) is 4.87. The van der Waals surface area contributed by atoms with E-state index in [9.17, 15) is 5.11 Å². The van der Waals surface area contributed by atoms with E-state index in [1.54, 1.807) is 6.07 Å². The van der Waals surface area contributed by atoms with Gasteiger partial charge in [0.1, 0.15) is 0 Å². The zero-order chi connectivity index (χ0) is 14.2. The quantitative estimate of drug-likeness (QED) is 0.753. The van der Waals surface area contributed by atoms with Crippen molar-refractivity contribution >= 4 is 11.8 Å². The largest absolute Gasteiger partial charge is 0.504 e. The first-order chi connectivity index (χ1) is 9.79. The van der Waals surface area contributed by atoms with Gasteiger partial charge in [0, 0.05) is 44.2 Å². The van der Waals surface area contributed by atoms with Crippen LogP contribution in [0.25, 0.3) is 0 Å². The van der Waals surface area contributed by atoms with Gasteiger partial charge < -0.3 is 20.1 Å². The van der Waals surface area contributed by atoms with E-state index in [2.05, 4.69) is 10.2 Å². The van der Waals surface area contributed by atoms with Crippen molar-refractivity contribution in [2.75, 3.05) is 44.3 Å². The van der Waals surface area contributed by atoms with Crippen LogP contribution in [0, 0.1) is 0 Å². The van der Waals surface area contributed by atoms with Gasteiger partial charge in [0.25, 0.3) is 0 Å². The van der Waals surface area contributed by atoms with Gasteiger partial charge in [-0.15, -0.1) is 0 Å². The van der Waals surface area contributed by atoms with Crippen LogP contribution in [0.4, 0.5) is 0 Å². The van der Waals surface area contributed by atoms with E-state index in [4.69, 9.17) is 4.74 Å². The summed E-state index contributed by atoms with van der Waals surface area (Å²) in [5, 5.41) is 13.1. The van der Waals surface area contributed by atoms with Crippen molar-refractivity contribution < 1.29 is 9.84 Å². The topological polar surface area (TPSA) is 44.7 Å². The van der Waals surface area contributed by atoms with E-state index in [0.717, 1.165) is 25.2 Å². The molecular formula is C15H24N2O2S. The van der Waals surface area contributed by atoms with Gasteiger partial charge in [-0.3, -0.25) is 0 Å². The molecule has 1 saturated heterocycles. The number of benzene rings is 1. The second kappa shape index (κ2) is 8.39. The van der Waals surface area contributed by atoms with Crippen molar-refractivity contribution in [3.8, 4) is 11.5 Å². The Bertz CT molecular complexity index is 409. The van der Waals surface area contributed by atoms with Gasteiger partial charge >= 0.3 is 0 Å². The lowest BCUT2D eigenvalue weighted by molar-refractivity contribution is 0.300. The predicted molar refractivity (Wildman–Crippen MR) is 84.7 cm³/mol. The molecule has 0 unspecified atom stereocenters. The van der Waals surface area contributed by atoms with E-state index < -0.39 is 0 Å². The molecule has 20 heavy (non-hydrogen) atoms. The fourth-order valence-electron chi connectivity index (χ4n) is 2.23. The minimum Gasteiger partial charge on any atom is -0.504 e. The molecule has 0 atom stereocenters. The lowest BCUT2D eigenvalue weighted by Gasteiger charge is -2.26. The Balaban J connectivity index is 1.71. The monoisotopic (exact) mass is 296 g/mol. The van der Waals surface area contributed by atoms with Gasteiger partial charge in [-0.1, -0.05) is 6.07 Å². The summed E-state index contributed by atoms with van der Waals surface area (Å²) in [4.78, 5) is 2.51. The second-order valence-corrected chi connectivity index (χ2v) is 6.09. The highest BCUT2D eigenvalue weighted by Crippen LogP contribution is 2.26. The molecule has 0 saturated carbocycles. The number of hydrogen-bond acceptors (Lipinski definition) is 5. The number of hydrogen-bond donors (Lipinski definition) is 2. The van der Waals surface area contributed by atoms with Crippen LogP contribution in [-0.4, -0.2) is 54.3 Å². The molecule has 0 spiro atoms. The van der Waals surface area contributed by atoms with Crippen molar-refractivity contribution in [3.63, 3.8) is 0 Å². The summed E-state index contributed by atoms with van der Waals surface area (Å²) < 4.78 is 5.39. The van der Waals surface area contributed by atoms with Crippen LogP contribution in [-0.2, 0) is 6.54 Å². The molecule has 0 aromatic heterocycles. The third kappa shape index (κ3) is 4.89. The fraction of sp³-hybridized carbons (Fsp3) is 0.600. The number of aromatic hydroxyl groups is 1. The van der Waals surface area contributed by atoms with E-state index in [0.29, 0.717) is 12.4 Å². The van der Waals surface area contributed by atoms with Crippen LogP contribution in [0.3, 0.4) is 0 Å². The normalized spacial score (nSPS) is 16.2. The number of phenolic OH excluding ortho intramolecular Hbond substituents is 1. The molecule has 1 heterocycles. The molecule has 2 N–H and O–H groups in total. The maximum atomic E-state index is 9.65. The van der Waals surface area contributed by atoms with E-state index in [1.807, 2.05) is 30.8 Å². The highest BCUT2D eigenvalue weighted by molar-refractivity contribution is 7.99. The number of nitrogens with one attached hydrogen (secondary N) is 1. The van der Waals surface area contributed by atoms with Gasteiger partial charge in [-0.05, 0) is 24.6 Å².